The van der Waals surface area contributed by atoms with Crippen LogP contribution in [0.25, 0.3) is 16.6 Å². The predicted octanol–water partition coefficient (Wildman–Crippen LogP) is 4.17. The Balaban J connectivity index is 1.55. The molecule has 5 rings (SSSR count). The average molecular weight is 552 g/mol. The summed E-state index contributed by atoms with van der Waals surface area (Å²) in [5, 5.41) is 3.93. The maximum atomic E-state index is 13.7. The zero-order chi connectivity index (χ0) is 28.2. The first-order valence-corrected chi connectivity index (χ1v) is 12.4. The topological polar surface area (TPSA) is 138 Å². The van der Waals surface area contributed by atoms with E-state index < -0.39 is 12.0 Å². The molecule has 40 heavy (non-hydrogen) atoms. The third kappa shape index (κ3) is 5.18. The number of nitrogens with zero attached hydrogens (tertiary/aromatic N) is 5. The van der Waals surface area contributed by atoms with E-state index in [-0.39, 0.29) is 11.4 Å². The van der Waals surface area contributed by atoms with Crippen molar-refractivity contribution in [1.82, 2.24) is 24.5 Å². The summed E-state index contributed by atoms with van der Waals surface area (Å²) in [5.41, 5.74) is 8.01. The minimum atomic E-state index is -0.524. The van der Waals surface area contributed by atoms with Crippen molar-refractivity contribution in [3.8, 4) is 17.5 Å². The number of nitrogens with one attached hydrogen (secondary N) is 1. The Labute approximate surface area is 233 Å². The molecule has 3 heterocycles. The second-order valence-electron chi connectivity index (χ2n) is 8.60. The molecule has 0 aliphatic rings. The van der Waals surface area contributed by atoms with Gasteiger partial charge in [-0.3, -0.25) is 9.36 Å². The molecule has 0 fully saturated rings. The van der Waals surface area contributed by atoms with E-state index in [1.807, 2.05) is 37.3 Å². The summed E-state index contributed by atoms with van der Waals surface area (Å²) in [4.78, 5) is 42.8. The number of fused-ring (bicyclic) bond motifs is 1. The Morgan fingerprint density at radius 2 is 1.85 bits per heavy atom. The van der Waals surface area contributed by atoms with Gasteiger partial charge in [0.25, 0.3) is 5.56 Å². The molecule has 0 saturated heterocycles. The highest BCUT2D eigenvalue weighted by atomic mass is 35.5. The molecule has 3 aromatic heterocycles. The minimum absolute atomic E-state index is 0.155. The van der Waals surface area contributed by atoms with Gasteiger partial charge in [-0.2, -0.15) is 0 Å². The summed E-state index contributed by atoms with van der Waals surface area (Å²) in [6.45, 7) is 1.85. The van der Waals surface area contributed by atoms with Crippen LogP contribution in [0.3, 0.4) is 0 Å². The van der Waals surface area contributed by atoms with Gasteiger partial charge in [0.2, 0.25) is 0 Å². The van der Waals surface area contributed by atoms with Crippen LogP contribution in [0.1, 0.15) is 40.4 Å². The van der Waals surface area contributed by atoms with E-state index in [0.29, 0.717) is 50.1 Å². The predicted molar refractivity (Wildman–Crippen MR) is 152 cm³/mol. The van der Waals surface area contributed by atoms with Gasteiger partial charge in [-0.1, -0.05) is 41.8 Å². The first-order valence-electron chi connectivity index (χ1n) is 12.1. The van der Waals surface area contributed by atoms with E-state index in [4.69, 9.17) is 27.1 Å². The second-order valence-corrected chi connectivity index (χ2v) is 9.01. The lowest BCUT2D eigenvalue weighted by molar-refractivity contribution is 0.0600. The van der Waals surface area contributed by atoms with E-state index in [1.54, 1.807) is 30.3 Å². The molecule has 3 N–H and O–H groups in total. The molecular weight excluding hydrogens is 530 g/mol. The molecule has 0 radical (unpaired) electrons. The van der Waals surface area contributed by atoms with E-state index >= 15 is 0 Å². The number of rotatable bonds is 5. The fourth-order valence-electron chi connectivity index (χ4n) is 4.06. The van der Waals surface area contributed by atoms with Crippen molar-refractivity contribution in [2.75, 3.05) is 18.2 Å². The smallest absolute Gasteiger partial charge is 0.339 e. The van der Waals surface area contributed by atoms with Gasteiger partial charge in [-0.15, -0.1) is 0 Å². The van der Waals surface area contributed by atoms with Crippen molar-refractivity contribution in [1.29, 1.82) is 0 Å². The van der Waals surface area contributed by atoms with Crippen molar-refractivity contribution in [3.05, 3.63) is 111 Å². The number of carbonyl (C=O) groups is 1. The van der Waals surface area contributed by atoms with Crippen LogP contribution in [0, 0.1) is 11.8 Å². The standard InChI is InChI=1S/C29H22ClN7O3/c1-17(27-36-23-10-6-9-22(30)24(23)28(38)37(27)20-7-4-3-5-8-20)35-26-21(25(31)33-16-34-26)14-13-19-12-11-18(15-32-19)29(39)40-2/h3-12,15-17H,1-2H3,(H3,31,33,34,35)/t17-/m0/s1. The Bertz CT molecular complexity index is 1850. The highest BCUT2D eigenvalue weighted by Gasteiger charge is 2.21. The SMILES string of the molecule is COC(=O)c1ccc(C#Cc2c(N)ncnc2N[C@@H](C)c2nc3cccc(Cl)c3c(=O)n2-c2ccccc2)nc1. The molecule has 0 spiro atoms. The number of hydrogen-bond acceptors (Lipinski definition) is 9. The van der Waals surface area contributed by atoms with Gasteiger partial charge in [0.05, 0.1) is 40.3 Å². The summed E-state index contributed by atoms with van der Waals surface area (Å²) < 4.78 is 6.22. The normalized spacial score (nSPS) is 11.4. The highest BCUT2D eigenvalue weighted by molar-refractivity contribution is 6.35. The van der Waals surface area contributed by atoms with Gasteiger partial charge < -0.3 is 15.8 Å². The summed E-state index contributed by atoms with van der Waals surface area (Å²) in [5.74, 6) is 6.32. The molecular formula is C29H22ClN7O3. The van der Waals surface area contributed by atoms with Crippen LogP contribution < -0.4 is 16.6 Å². The van der Waals surface area contributed by atoms with Crippen LogP contribution in [-0.4, -0.2) is 37.6 Å². The molecule has 5 aromatic rings. The van der Waals surface area contributed by atoms with Gasteiger partial charge in [-0.05, 0) is 49.2 Å². The number of methoxy groups -OCH3 is 1. The fourth-order valence-corrected chi connectivity index (χ4v) is 4.31. The van der Waals surface area contributed by atoms with E-state index in [1.165, 1.54) is 24.2 Å². The number of pyridine rings is 1. The first-order chi connectivity index (χ1) is 19.4. The molecule has 10 nitrogen and oxygen atoms in total. The number of benzene rings is 2. The van der Waals surface area contributed by atoms with E-state index in [9.17, 15) is 9.59 Å². The number of anilines is 2. The van der Waals surface area contributed by atoms with Crippen molar-refractivity contribution < 1.29 is 9.53 Å². The van der Waals surface area contributed by atoms with E-state index in [2.05, 4.69) is 32.1 Å². The molecule has 0 amide bonds. The van der Waals surface area contributed by atoms with Gasteiger partial charge in [-0.25, -0.2) is 24.7 Å². The average Bonchev–Trinajstić information content (AvgIpc) is 2.97. The summed E-state index contributed by atoms with van der Waals surface area (Å²) in [7, 11) is 1.30. The molecule has 11 heteroatoms. The van der Waals surface area contributed by atoms with Gasteiger partial charge in [0.15, 0.2) is 0 Å². The van der Waals surface area contributed by atoms with E-state index in [0.717, 1.165) is 0 Å². The van der Waals surface area contributed by atoms with Crippen LogP contribution in [0.4, 0.5) is 11.6 Å². The van der Waals surface area contributed by atoms with Gasteiger partial charge in [0, 0.05) is 6.20 Å². The third-order valence-corrected chi connectivity index (χ3v) is 6.32. The Morgan fingerprint density at radius 1 is 1.05 bits per heavy atom. The molecule has 1 atom stereocenters. The van der Waals surface area contributed by atoms with Crippen molar-refractivity contribution in [2.45, 2.75) is 13.0 Å². The lowest BCUT2D eigenvalue weighted by Crippen LogP contribution is -2.27. The molecule has 0 aliphatic heterocycles. The Kier molecular flexibility index (Phi) is 7.39. The van der Waals surface area contributed by atoms with Crippen molar-refractivity contribution >= 4 is 40.1 Å². The number of halogens is 1. The van der Waals surface area contributed by atoms with Crippen molar-refractivity contribution in [2.24, 2.45) is 0 Å². The molecule has 0 aliphatic carbocycles. The first kappa shape index (κ1) is 26.3. The van der Waals surface area contributed by atoms with Gasteiger partial charge >= 0.3 is 5.97 Å². The second kappa shape index (κ2) is 11.2. The Morgan fingerprint density at radius 3 is 2.58 bits per heavy atom. The zero-order valence-corrected chi connectivity index (χ0v) is 22.2. The summed E-state index contributed by atoms with van der Waals surface area (Å²) in [6.07, 6.45) is 2.69. The molecule has 2 aromatic carbocycles. The quantitative estimate of drug-likeness (QED) is 0.243. The van der Waals surface area contributed by atoms with Crippen LogP contribution in [0.15, 0.2) is 78.0 Å². The fraction of sp³-hybridized carbons (Fsp3) is 0.103. The number of para-hydroxylation sites is 1. The van der Waals surface area contributed by atoms with Crippen LogP contribution in [0.5, 0.6) is 0 Å². The monoisotopic (exact) mass is 551 g/mol. The zero-order valence-electron chi connectivity index (χ0n) is 21.4. The number of nitrogen functional groups attached to an aromatic ring is 1. The Hall–Kier alpha value is -5.27. The molecule has 0 saturated carbocycles. The lowest BCUT2D eigenvalue weighted by Gasteiger charge is -2.21. The number of nitrogens with two attached hydrogens (primary N) is 1. The van der Waals surface area contributed by atoms with Gasteiger partial charge in [0.1, 0.15) is 35.0 Å². The minimum Gasteiger partial charge on any atom is -0.465 e. The largest absolute Gasteiger partial charge is 0.465 e. The number of hydrogen-bond donors (Lipinski definition) is 2. The van der Waals surface area contributed by atoms with Crippen LogP contribution in [0.2, 0.25) is 5.02 Å². The third-order valence-electron chi connectivity index (χ3n) is 6.00. The molecule has 0 unspecified atom stereocenters. The number of aromatic nitrogens is 5. The number of esters is 1. The number of ether oxygens (including phenoxy) is 1. The summed E-state index contributed by atoms with van der Waals surface area (Å²) >= 11 is 6.40. The number of carbonyl (C=O) groups excluding carboxylic acids is 1. The molecule has 198 valence electrons. The lowest BCUT2D eigenvalue weighted by atomic mass is 10.2. The molecule has 0 bridgehead atoms. The van der Waals surface area contributed by atoms with Crippen LogP contribution >= 0.6 is 11.6 Å². The highest BCUT2D eigenvalue weighted by Crippen LogP contribution is 2.26. The van der Waals surface area contributed by atoms with Crippen molar-refractivity contribution in [3.63, 3.8) is 0 Å². The summed E-state index contributed by atoms with van der Waals surface area (Å²) in [6, 6.07) is 17.0. The maximum Gasteiger partial charge on any atom is 0.339 e. The van der Waals surface area contributed by atoms with Crippen LogP contribution in [-0.2, 0) is 4.74 Å². The maximum absolute atomic E-state index is 13.7.